The van der Waals surface area contributed by atoms with Crippen LogP contribution in [0.3, 0.4) is 0 Å². The van der Waals surface area contributed by atoms with Crippen LogP contribution in [0.15, 0.2) is 42.5 Å². The number of amides is 1. The molecule has 0 aliphatic carbocycles. The molecule has 1 fully saturated rings. The first-order valence-electron chi connectivity index (χ1n) is 9.19. The number of thioether (sulfide) groups is 1. The number of hydrogen-bond donors (Lipinski definition) is 0. The normalized spacial score (nSPS) is 17.0. The predicted molar refractivity (Wildman–Crippen MR) is 105 cm³/mol. The maximum absolute atomic E-state index is 13.5. The zero-order chi connectivity index (χ0) is 20.3. The molecular weight excluding hydrogens is 385 g/mol. The van der Waals surface area contributed by atoms with Crippen molar-refractivity contribution in [3.8, 4) is 0 Å². The van der Waals surface area contributed by atoms with Crippen LogP contribution >= 0.6 is 11.8 Å². The number of halogens is 3. The maximum Gasteiger partial charge on any atom is 0.237 e. The van der Waals surface area contributed by atoms with E-state index in [9.17, 15) is 18.0 Å². The fourth-order valence-corrected chi connectivity index (χ4v) is 4.46. The van der Waals surface area contributed by atoms with E-state index in [-0.39, 0.29) is 29.7 Å². The summed E-state index contributed by atoms with van der Waals surface area (Å²) in [4.78, 5) is 16.7. The van der Waals surface area contributed by atoms with Crippen LogP contribution in [0, 0.1) is 17.5 Å². The van der Waals surface area contributed by atoms with E-state index < -0.39 is 11.6 Å². The van der Waals surface area contributed by atoms with Gasteiger partial charge in [-0.05, 0) is 49.2 Å². The predicted octanol–water partition coefficient (Wildman–Crippen LogP) is 4.59. The summed E-state index contributed by atoms with van der Waals surface area (Å²) in [6, 6.07) is 10.1. The molecule has 1 aliphatic heterocycles. The molecule has 0 saturated carbocycles. The molecule has 3 rings (SSSR count). The lowest BCUT2D eigenvalue weighted by Crippen LogP contribution is -2.42. The molecule has 3 nitrogen and oxygen atoms in total. The van der Waals surface area contributed by atoms with Crippen molar-refractivity contribution in [3.63, 3.8) is 0 Å². The van der Waals surface area contributed by atoms with Gasteiger partial charge in [0, 0.05) is 24.9 Å². The maximum atomic E-state index is 13.5. The van der Waals surface area contributed by atoms with Crippen LogP contribution in [0.1, 0.15) is 30.3 Å². The van der Waals surface area contributed by atoms with Gasteiger partial charge in [-0.1, -0.05) is 18.2 Å². The smallest absolute Gasteiger partial charge is 0.237 e. The Morgan fingerprint density at radius 2 is 1.86 bits per heavy atom. The van der Waals surface area contributed by atoms with Gasteiger partial charge in [-0.3, -0.25) is 9.69 Å². The third-order valence-corrected chi connectivity index (χ3v) is 6.07. The molecule has 1 heterocycles. The van der Waals surface area contributed by atoms with Crippen LogP contribution in [-0.2, 0) is 11.3 Å². The summed E-state index contributed by atoms with van der Waals surface area (Å²) in [7, 11) is 0. The highest BCUT2D eigenvalue weighted by Gasteiger charge is 2.31. The van der Waals surface area contributed by atoms with Crippen LogP contribution in [-0.4, -0.2) is 40.6 Å². The third kappa shape index (κ3) is 4.89. The second-order valence-corrected chi connectivity index (χ2v) is 8.30. The molecule has 2 aromatic carbocycles. The van der Waals surface area contributed by atoms with Crippen molar-refractivity contribution in [1.29, 1.82) is 0 Å². The number of nitrogens with zero attached hydrogens (tertiary/aromatic N) is 2. The summed E-state index contributed by atoms with van der Waals surface area (Å²) in [5.74, 6) is -1.29. The van der Waals surface area contributed by atoms with E-state index in [4.69, 9.17) is 0 Å². The van der Waals surface area contributed by atoms with E-state index in [2.05, 4.69) is 0 Å². The van der Waals surface area contributed by atoms with Crippen LogP contribution < -0.4 is 0 Å². The van der Waals surface area contributed by atoms with Gasteiger partial charge in [0.25, 0.3) is 0 Å². The van der Waals surface area contributed by atoms with Crippen molar-refractivity contribution in [2.45, 2.75) is 31.8 Å². The van der Waals surface area contributed by atoms with Crippen LogP contribution in [0.4, 0.5) is 13.2 Å². The second kappa shape index (κ2) is 9.01. The molecule has 0 radical (unpaired) electrons. The second-order valence-electron chi connectivity index (χ2n) is 7.11. The van der Waals surface area contributed by atoms with Crippen molar-refractivity contribution >= 4 is 17.7 Å². The van der Waals surface area contributed by atoms with Crippen molar-refractivity contribution in [1.82, 2.24) is 9.80 Å². The summed E-state index contributed by atoms with van der Waals surface area (Å²) in [6.07, 6.45) is 0. The molecule has 0 aromatic heterocycles. The van der Waals surface area contributed by atoms with Gasteiger partial charge in [0.2, 0.25) is 5.91 Å². The number of carbonyl (C=O) groups excluding carboxylic acids is 1. The van der Waals surface area contributed by atoms with Crippen LogP contribution in [0.25, 0.3) is 0 Å². The Labute approximate surface area is 167 Å². The van der Waals surface area contributed by atoms with Gasteiger partial charge in [0.1, 0.15) is 11.2 Å². The zero-order valence-electron chi connectivity index (χ0n) is 15.9. The summed E-state index contributed by atoms with van der Waals surface area (Å²) >= 11 is 1.65. The average Bonchev–Trinajstić information content (AvgIpc) is 3.14. The summed E-state index contributed by atoms with van der Waals surface area (Å²) in [6.45, 7) is 5.08. The molecule has 28 heavy (non-hydrogen) atoms. The lowest BCUT2D eigenvalue weighted by atomic mass is 10.1. The fraction of sp³-hybridized carbons (Fsp3) is 0.381. The largest absolute Gasteiger partial charge is 0.325 e. The minimum atomic E-state index is -0.889. The minimum absolute atomic E-state index is 0.0318. The van der Waals surface area contributed by atoms with E-state index in [0.717, 1.165) is 17.4 Å². The van der Waals surface area contributed by atoms with Crippen LogP contribution in [0.2, 0.25) is 0 Å². The van der Waals surface area contributed by atoms with Gasteiger partial charge < -0.3 is 4.90 Å². The monoisotopic (exact) mass is 408 g/mol. The molecule has 0 N–H and O–H groups in total. The van der Waals surface area contributed by atoms with Gasteiger partial charge in [-0.25, -0.2) is 13.2 Å². The molecule has 0 unspecified atom stereocenters. The van der Waals surface area contributed by atoms with E-state index in [1.54, 1.807) is 28.8 Å². The highest BCUT2D eigenvalue weighted by atomic mass is 32.2. The molecular formula is C21H23F3N2OS. The highest BCUT2D eigenvalue weighted by Crippen LogP contribution is 2.38. The van der Waals surface area contributed by atoms with Gasteiger partial charge in [-0.15, -0.1) is 11.8 Å². The summed E-state index contributed by atoms with van der Waals surface area (Å²) in [5, 5.41) is -0.134. The summed E-state index contributed by atoms with van der Waals surface area (Å²) in [5.41, 5.74) is 1.51. The topological polar surface area (TPSA) is 23.6 Å². The molecule has 2 aromatic rings. The first kappa shape index (κ1) is 20.7. The molecule has 7 heteroatoms. The number of carbonyl (C=O) groups is 1. The molecule has 0 spiro atoms. The fourth-order valence-electron chi connectivity index (χ4n) is 3.19. The Kier molecular flexibility index (Phi) is 6.67. The standard InChI is InChI=1S/C21H23F3N2OS/c1-14(2)25(12-15-3-8-18(23)19(24)11-15)13-20(27)26-9-10-28-21(26)16-4-6-17(22)7-5-16/h3-8,11,14,21H,9-10,12-13H2,1-2H3/t21-/m0/s1. The van der Waals surface area contributed by atoms with Gasteiger partial charge in [0.15, 0.2) is 11.6 Å². The van der Waals surface area contributed by atoms with Gasteiger partial charge >= 0.3 is 0 Å². The Balaban J connectivity index is 1.70. The number of rotatable bonds is 6. The van der Waals surface area contributed by atoms with Crippen LogP contribution in [0.5, 0.6) is 0 Å². The lowest BCUT2D eigenvalue weighted by molar-refractivity contribution is -0.133. The number of benzene rings is 2. The van der Waals surface area contributed by atoms with E-state index in [1.165, 1.54) is 24.3 Å². The van der Waals surface area contributed by atoms with Crippen molar-refractivity contribution in [2.75, 3.05) is 18.8 Å². The van der Waals surface area contributed by atoms with Crippen molar-refractivity contribution in [3.05, 3.63) is 71.0 Å². The number of hydrogen-bond acceptors (Lipinski definition) is 3. The Morgan fingerprint density at radius 1 is 1.14 bits per heavy atom. The third-order valence-electron chi connectivity index (χ3n) is 4.80. The quantitative estimate of drug-likeness (QED) is 0.699. The van der Waals surface area contributed by atoms with E-state index in [1.807, 2.05) is 18.7 Å². The molecule has 1 amide bonds. The van der Waals surface area contributed by atoms with E-state index in [0.29, 0.717) is 18.7 Å². The van der Waals surface area contributed by atoms with Gasteiger partial charge in [-0.2, -0.15) is 0 Å². The Hall–Kier alpha value is -1.99. The Bertz CT molecular complexity index is 829. The summed E-state index contributed by atoms with van der Waals surface area (Å²) < 4.78 is 39.9. The lowest BCUT2D eigenvalue weighted by Gasteiger charge is -2.30. The highest BCUT2D eigenvalue weighted by molar-refractivity contribution is 7.99. The molecule has 0 bridgehead atoms. The average molecular weight is 408 g/mol. The van der Waals surface area contributed by atoms with Crippen molar-refractivity contribution < 1.29 is 18.0 Å². The zero-order valence-corrected chi connectivity index (χ0v) is 16.7. The van der Waals surface area contributed by atoms with Gasteiger partial charge in [0.05, 0.1) is 6.54 Å². The first-order valence-corrected chi connectivity index (χ1v) is 10.2. The SMILES string of the molecule is CC(C)N(CC(=O)N1CCS[C@H]1c1ccc(F)cc1)Cc1ccc(F)c(F)c1. The van der Waals surface area contributed by atoms with Crippen molar-refractivity contribution in [2.24, 2.45) is 0 Å². The molecule has 1 atom stereocenters. The minimum Gasteiger partial charge on any atom is -0.325 e. The first-order chi connectivity index (χ1) is 13.3. The molecule has 1 aliphatic rings. The Morgan fingerprint density at radius 3 is 2.50 bits per heavy atom. The molecule has 150 valence electrons. The van der Waals surface area contributed by atoms with E-state index >= 15 is 0 Å². The molecule has 1 saturated heterocycles.